The van der Waals surface area contributed by atoms with E-state index in [9.17, 15) is 13.2 Å². The lowest BCUT2D eigenvalue weighted by molar-refractivity contribution is 0.577. The SMILES string of the molecule is CCCCCc1ccc2c(c1)Cc1cc(-c3cc(F)c(C#N)c(F)c3)c(F)cc1-2. The van der Waals surface area contributed by atoms with Gasteiger partial charge in [0.25, 0.3) is 0 Å². The Hall–Kier alpha value is -3.06. The number of halogens is 3. The molecule has 4 heteroatoms. The summed E-state index contributed by atoms with van der Waals surface area (Å²) >= 11 is 0. The lowest BCUT2D eigenvalue weighted by Crippen LogP contribution is -1.95. The summed E-state index contributed by atoms with van der Waals surface area (Å²) in [6, 6.07) is 13.0. The number of rotatable bonds is 5. The second-order valence-electron chi connectivity index (χ2n) is 7.54. The van der Waals surface area contributed by atoms with Crippen LogP contribution in [0.15, 0.2) is 42.5 Å². The molecule has 0 heterocycles. The molecule has 0 N–H and O–H groups in total. The number of nitriles is 1. The molecule has 0 bridgehead atoms. The Labute approximate surface area is 168 Å². The smallest absolute Gasteiger partial charge is 0.144 e. The van der Waals surface area contributed by atoms with Crippen molar-refractivity contribution in [2.45, 2.75) is 39.0 Å². The van der Waals surface area contributed by atoms with Gasteiger partial charge in [-0.1, -0.05) is 38.0 Å². The van der Waals surface area contributed by atoms with Crippen molar-refractivity contribution in [3.8, 4) is 28.3 Å². The zero-order chi connectivity index (χ0) is 20.5. The summed E-state index contributed by atoms with van der Waals surface area (Å²) in [4.78, 5) is 0. The molecule has 0 amide bonds. The van der Waals surface area contributed by atoms with Crippen LogP contribution in [-0.4, -0.2) is 0 Å². The summed E-state index contributed by atoms with van der Waals surface area (Å²) in [6.45, 7) is 2.18. The Morgan fingerprint density at radius 1 is 0.828 bits per heavy atom. The van der Waals surface area contributed by atoms with Crippen LogP contribution in [0.3, 0.4) is 0 Å². The number of hydrogen-bond acceptors (Lipinski definition) is 1. The highest BCUT2D eigenvalue weighted by Gasteiger charge is 2.22. The van der Waals surface area contributed by atoms with E-state index in [2.05, 4.69) is 19.1 Å². The predicted molar refractivity (Wildman–Crippen MR) is 108 cm³/mol. The van der Waals surface area contributed by atoms with Gasteiger partial charge < -0.3 is 0 Å². The summed E-state index contributed by atoms with van der Waals surface area (Å²) in [5.74, 6) is -2.50. The summed E-state index contributed by atoms with van der Waals surface area (Å²) in [5, 5.41) is 8.83. The first-order valence-electron chi connectivity index (χ1n) is 9.86. The van der Waals surface area contributed by atoms with E-state index in [0.29, 0.717) is 6.42 Å². The van der Waals surface area contributed by atoms with Crippen LogP contribution in [0, 0.1) is 28.8 Å². The van der Waals surface area contributed by atoms with E-state index in [4.69, 9.17) is 5.26 Å². The fourth-order valence-electron chi connectivity index (χ4n) is 4.07. The lowest BCUT2D eigenvalue weighted by atomic mass is 9.97. The van der Waals surface area contributed by atoms with Crippen LogP contribution in [-0.2, 0) is 12.8 Å². The van der Waals surface area contributed by atoms with Crippen molar-refractivity contribution in [2.24, 2.45) is 0 Å². The minimum absolute atomic E-state index is 0.0931. The Morgan fingerprint density at radius 3 is 2.24 bits per heavy atom. The normalized spacial score (nSPS) is 11.8. The van der Waals surface area contributed by atoms with Gasteiger partial charge in [-0.3, -0.25) is 0 Å². The van der Waals surface area contributed by atoms with E-state index in [1.807, 2.05) is 6.07 Å². The molecule has 0 saturated carbocycles. The van der Waals surface area contributed by atoms with Gasteiger partial charge in [0.15, 0.2) is 0 Å². The van der Waals surface area contributed by atoms with Gasteiger partial charge in [-0.05, 0) is 76.9 Å². The molecule has 0 fully saturated rings. The van der Waals surface area contributed by atoms with Gasteiger partial charge >= 0.3 is 0 Å². The Morgan fingerprint density at radius 2 is 1.55 bits per heavy atom. The molecular weight excluding hydrogens is 371 g/mol. The summed E-state index contributed by atoms with van der Waals surface area (Å²) in [5.41, 5.74) is 4.80. The fraction of sp³-hybridized carbons (Fsp3) is 0.240. The largest absolute Gasteiger partial charge is 0.206 e. The van der Waals surface area contributed by atoms with E-state index in [-0.39, 0.29) is 11.1 Å². The van der Waals surface area contributed by atoms with Crippen molar-refractivity contribution in [1.29, 1.82) is 5.26 Å². The summed E-state index contributed by atoms with van der Waals surface area (Å²) in [6.07, 6.45) is 5.22. The van der Waals surface area contributed by atoms with Crippen molar-refractivity contribution in [2.75, 3.05) is 0 Å². The number of fused-ring (bicyclic) bond motifs is 3. The molecule has 0 aromatic heterocycles. The Kier molecular flexibility index (Phi) is 5.15. The minimum atomic E-state index is -0.984. The molecule has 1 aliphatic rings. The second-order valence-corrected chi connectivity index (χ2v) is 7.54. The molecule has 0 unspecified atom stereocenters. The van der Waals surface area contributed by atoms with Gasteiger partial charge in [-0.2, -0.15) is 5.26 Å². The topological polar surface area (TPSA) is 23.8 Å². The first-order chi connectivity index (χ1) is 14.0. The Balaban J connectivity index is 1.70. The Bertz CT molecular complexity index is 1120. The van der Waals surface area contributed by atoms with Gasteiger partial charge in [0.2, 0.25) is 0 Å². The summed E-state index contributed by atoms with van der Waals surface area (Å²) < 4.78 is 42.9. The number of aryl methyl sites for hydroxylation is 1. The maximum absolute atomic E-state index is 14.8. The van der Waals surface area contributed by atoms with Crippen LogP contribution in [0.1, 0.15) is 48.4 Å². The molecular formula is C25H20F3N. The van der Waals surface area contributed by atoms with E-state index in [1.165, 1.54) is 30.5 Å². The number of unbranched alkanes of at least 4 members (excludes halogenated alkanes) is 2. The number of hydrogen-bond donors (Lipinski definition) is 0. The van der Waals surface area contributed by atoms with Crippen molar-refractivity contribution >= 4 is 0 Å². The van der Waals surface area contributed by atoms with Crippen LogP contribution >= 0.6 is 0 Å². The van der Waals surface area contributed by atoms with Crippen molar-refractivity contribution in [3.05, 3.63) is 82.2 Å². The van der Waals surface area contributed by atoms with E-state index in [1.54, 1.807) is 6.07 Å². The third-order valence-electron chi connectivity index (χ3n) is 5.57. The molecule has 0 saturated heterocycles. The lowest BCUT2D eigenvalue weighted by Gasteiger charge is -2.09. The van der Waals surface area contributed by atoms with Gasteiger partial charge in [0, 0.05) is 5.56 Å². The summed E-state index contributed by atoms with van der Waals surface area (Å²) in [7, 11) is 0. The van der Waals surface area contributed by atoms with Crippen molar-refractivity contribution < 1.29 is 13.2 Å². The molecule has 0 aliphatic heterocycles. The molecule has 29 heavy (non-hydrogen) atoms. The van der Waals surface area contributed by atoms with E-state index in [0.717, 1.165) is 47.2 Å². The standard InChI is InChI=1S/C25H20F3N/c1-2-3-4-5-15-6-7-19-16(8-15)9-17-10-21(25(28)13-20(17)19)18-11-23(26)22(14-29)24(27)12-18/h6-8,10-13H,2-5,9H2,1H3. The van der Waals surface area contributed by atoms with Gasteiger partial charge in [-0.15, -0.1) is 0 Å². The number of benzene rings is 3. The van der Waals surface area contributed by atoms with Crippen LogP contribution < -0.4 is 0 Å². The molecule has 146 valence electrons. The molecule has 3 aromatic rings. The van der Waals surface area contributed by atoms with Gasteiger partial charge in [0.1, 0.15) is 29.1 Å². The molecule has 3 aromatic carbocycles. The average molecular weight is 391 g/mol. The molecule has 1 aliphatic carbocycles. The molecule has 0 spiro atoms. The van der Waals surface area contributed by atoms with Crippen molar-refractivity contribution in [1.82, 2.24) is 0 Å². The zero-order valence-corrected chi connectivity index (χ0v) is 16.2. The third kappa shape index (κ3) is 3.53. The quantitative estimate of drug-likeness (QED) is 0.338. The third-order valence-corrected chi connectivity index (χ3v) is 5.57. The van der Waals surface area contributed by atoms with E-state index >= 15 is 0 Å². The average Bonchev–Trinajstić information content (AvgIpc) is 3.04. The maximum atomic E-state index is 14.8. The van der Waals surface area contributed by atoms with Crippen molar-refractivity contribution in [3.63, 3.8) is 0 Å². The van der Waals surface area contributed by atoms with Crippen LogP contribution in [0.25, 0.3) is 22.3 Å². The highest BCUT2D eigenvalue weighted by molar-refractivity contribution is 5.81. The predicted octanol–water partition coefficient (Wildman–Crippen LogP) is 6.95. The van der Waals surface area contributed by atoms with Gasteiger partial charge in [0.05, 0.1) is 0 Å². The van der Waals surface area contributed by atoms with Gasteiger partial charge in [-0.25, -0.2) is 13.2 Å². The maximum Gasteiger partial charge on any atom is 0.144 e. The number of nitrogens with zero attached hydrogens (tertiary/aromatic N) is 1. The van der Waals surface area contributed by atoms with E-state index < -0.39 is 23.0 Å². The first-order valence-corrected chi connectivity index (χ1v) is 9.86. The van der Waals surface area contributed by atoms with Crippen LogP contribution in [0.4, 0.5) is 13.2 Å². The monoisotopic (exact) mass is 391 g/mol. The minimum Gasteiger partial charge on any atom is -0.206 e. The highest BCUT2D eigenvalue weighted by Crippen LogP contribution is 2.40. The van der Waals surface area contributed by atoms with Crippen LogP contribution in [0.2, 0.25) is 0 Å². The fourth-order valence-corrected chi connectivity index (χ4v) is 4.07. The first kappa shape index (κ1) is 19.3. The highest BCUT2D eigenvalue weighted by atomic mass is 19.1. The molecule has 0 radical (unpaired) electrons. The van der Waals surface area contributed by atoms with Crippen LogP contribution in [0.5, 0.6) is 0 Å². The zero-order valence-electron chi connectivity index (χ0n) is 16.2. The molecule has 1 nitrogen and oxygen atoms in total. The molecule has 4 rings (SSSR count). The second kappa shape index (κ2) is 7.75. The molecule has 0 atom stereocenters.